The Kier molecular flexibility index (Phi) is 4.19. The second-order valence-corrected chi connectivity index (χ2v) is 3.81. The molecule has 1 rings (SSSR count). The molecule has 84 valence electrons. The predicted molar refractivity (Wildman–Crippen MR) is 46.8 cm³/mol. The highest BCUT2D eigenvalue weighted by atomic mass is 19.4. The fourth-order valence-electron chi connectivity index (χ4n) is 1.85. The van der Waals surface area contributed by atoms with Gasteiger partial charge in [0.15, 0.2) is 0 Å². The first kappa shape index (κ1) is 11.8. The molecule has 0 aromatic rings. The lowest BCUT2D eigenvalue weighted by molar-refractivity contribution is -0.174. The van der Waals surface area contributed by atoms with E-state index in [-0.39, 0.29) is 12.6 Å². The first-order valence-electron chi connectivity index (χ1n) is 4.89. The van der Waals surface area contributed by atoms with Crippen LogP contribution in [0.5, 0.6) is 0 Å². The molecule has 0 amide bonds. The summed E-state index contributed by atoms with van der Waals surface area (Å²) < 4.78 is 39.6. The van der Waals surface area contributed by atoms with Crippen molar-refractivity contribution >= 4 is 0 Å². The Labute approximate surface area is 81.6 Å². The monoisotopic (exact) mass is 211 g/mol. The topological polar surface area (TPSA) is 35.2 Å². The number of hydrogen-bond acceptors (Lipinski definition) is 2. The van der Waals surface area contributed by atoms with Crippen molar-refractivity contribution in [3.8, 4) is 0 Å². The number of halogens is 3. The molecule has 0 bridgehead atoms. The van der Waals surface area contributed by atoms with Gasteiger partial charge in [-0.15, -0.1) is 0 Å². The number of ether oxygens (including phenoxy) is 1. The van der Waals surface area contributed by atoms with Gasteiger partial charge in [0.25, 0.3) is 0 Å². The molecule has 2 nitrogen and oxygen atoms in total. The Hall–Kier alpha value is -0.290. The first-order valence-corrected chi connectivity index (χ1v) is 4.89. The molecule has 0 aromatic heterocycles. The molecular formula is C9H16F3NO. The summed E-state index contributed by atoms with van der Waals surface area (Å²) in [6, 6.07) is 0.157. The quantitative estimate of drug-likeness (QED) is 0.722. The maximum absolute atomic E-state index is 11.7. The molecule has 0 heterocycles. The van der Waals surface area contributed by atoms with Gasteiger partial charge in [-0.1, -0.05) is 6.42 Å². The summed E-state index contributed by atoms with van der Waals surface area (Å²) in [5, 5.41) is 0. The van der Waals surface area contributed by atoms with Crippen molar-refractivity contribution in [1.82, 2.24) is 0 Å². The van der Waals surface area contributed by atoms with E-state index in [1.165, 1.54) is 0 Å². The Morgan fingerprint density at radius 1 is 1.29 bits per heavy atom. The van der Waals surface area contributed by atoms with Crippen LogP contribution in [-0.4, -0.2) is 25.4 Å². The van der Waals surface area contributed by atoms with Crippen molar-refractivity contribution in [2.45, 2.75) is 37.9 Å². The van der Waals surface area contributed by atoms with Crippen LogP contribution in [0, 0.1) is 5.92 Å². The molecule has 0 aliphatic heterocycles. The van der Waals surface area contributed by atoms with Crippen molar-refractivity contribution in [1.29, 1.82) is 0 Å². The molecule has 2 atom stereocenters. The van der Waals surface area contributed by atoms with Gasteiger partial charge in [-0.3, -0.25) is 0 Å². The Balaban J connectivity index is 2.04. The molecule has 0 saturated heterocycles. The average Bonchev–Trinajstić information content (AvgIpc) is 2.44. The van der Waals surface area contributed by atoms with E-state index in [0.717, 1.165) is 19.3 Å². The van der Waals surface area contributed by atoms with E-state index in [1.54, 1.807) is 0 Å². The molecule has 14 heavy (non-hydrogen) atoms. The van der Waals surface area contributed by atoms with E-state index in [0.29, 0.717) is 12.3 Å². The molecule has 1 aliphatic rings. The number of alkyl halides is 3. The minimum Gasteiger partial charge on any atom is -0.372 e. The Morgan fingerprint density at radius 2 is 2.00 bits per heavy atom. The molecule has 2 unspecified atom stereocenters. The van der Waals surface area contributed by atoms with Crippen molar-refractivity contribution in [2.24, 2.45) is 11.7 Å². The Morgan fingerprint density at radius 3 is 2.50 bits per heavy atom. The third-order valence-electron chi connectivity index (χ3n) is 2.62. The smallest absolute Gasteiger partial charge is 0.372 e. The summed E-state index contributed by atoms with van der Waals surface area (Å²) in [4.78, 5) is 0. The largest absolute Gasteiger partial charge is 0.411 e. The maximum Gasteiger partial charge on any atom is 0.411 e. The van der Waals surface area contributed by atoms with Gasteiger partial charge in [-0.25, -0.2) is 0 Å². The Bertz CT molecular complexity index is 172. The molecule has 0 radical (unpaired) electrons. The van der Waals surface area contributed by atoms with Crippen LogP contribution in [0.15, 0.2) is 0 Å². The van der Waals surface area contributed by atoms with Crippen LogP contribution in [0.4, 0.5) is 13.2 Å². The summed E-state index contributed by atoms with van der Waals surface area (Å²) in [7, 11) is 0. The fourth-order valence-corrected chi connectivity index (χ4v) is 1.85. The summed E-state index contributed by atoms with van der Waals surface area (Å²) in [6.07, 6.45) is -0.458. The second-order valence-electron chi connectivity index (χ2n) is 3.81. The van der Waals surface area contributed by atoms with Gasteiger partial charge in [0.05, 0.1) is 0 Å². The van der Waals surface area contributed by atoms with E-state index < -0.39 is 12.8 Å². The SMILES string of the molecule is NC1CCCC1CCOCC(F)(F)F. The zero-order chi connectivity index (χ0) is 10.6. The van der Waals surface area contributed by atoms with Gasteiger partial charge in [0.2, 0.25) is 0 Å². The number of nitrogens with two attached hydrogens (primary N) is 1. The van der Waals surface area contributed by atoms with Crippen LogP contribution in [-0.2, 0) is 4.74 Å². The van der Waals surface area contributed by atoms with Gasteiger partial charge < -0.3 is 10.5 Å². The van der Waals surface area contributed by atoms with Gasteiger partial charge >= 0.3 is 6.18 Å². The number of hydrogen-bond donors (Lipinski definition) is 1. The summed E-state index contributed by atoms with van der Waals surface area (Å²) >= 11 is 0. The van der Waals surface area contributed by atoms with Gasteiger partial charge in [0, 0.05) is 12.6 Å². The van der Waals surface area contributed by atoms with Crippen LogP contribution < -0.4 is 5.73 Å². The molecule has 5 heteroatoms. The standard InChI is InChI=1S/C9H16F3NO/c10-9(11,12)6-14-5-4-7-2-1-3-8(7)13/h7-8H,1-6,13H2. The van der Waals surface area contributed by atoms with E-state index in [2.05, 4.69) is 4.74 Å². The van der Waals surface area contributed by atoms with E-state index in [4.69, 9.17) is 5.73 Å². The summed E-state index contributed by atoms with van der Waals surface area (Å²) in [6.45, 7) is -0.979. The zero-order valence-corrected chi connectivity index (χ0v) is 8.02. The molecule has 0 aromatic carbocycles. The lowest BCUT2D eigenvalue weighted by Gasteiger charge is -2.15. The van der Waals surface area contributed by atoms with Crippen LogP contribution >= 0.6 is 0 Å². The van der Waals surface area contributed by atoms with Crippen LogP contribution in [0.1, 0.15) is 25.7 Å². The van der Waals surface area contributed by atoms with Crippen molar-refractivity contribution in [3.05, 3.63) is 0 Å². The number of rotatable bonds is 4. The van der Waals surface area contributed by atoms with Crippen LogP contribution in [0.2, 0.25) is 0 Å². The third kappa shape index (κ3) is 4.28. The fraction of sp³-hybridized carbons (Fsp3) is 1.00. The average molecular weight is 211 g/mol. The lowest BCUT2D eigenvalue weighted by Crippen LogP contribution is -2.26. The van der Waals surface area contributed by atoms with E-state index >= 15 is 0 Å². The first-order chi connectivity index (χ1) is 6.49. The van der Waals surface area contributed by atoms with Gasteiger partial charge in [-0.05, 0) is 25.2 Å². The molecular weight excluding hydrogens is 195 g/mol. The van der Waals surface area contributed by atoms with Crippen LogP contribution in [0.3, 0.4) is 0 Å². The summed E-state index contributed by atoms with van der Waals surface area (Å²) in [5.41, 5.74) is 5.77. The normalized spacial score (nSPS) is 28.3. The molecule has 1 fully saturated rings. The molecule has 2 N–H and O–H groups in total. The van der Waals surface area contributed by atoms with Crippen molar-refractivity contribution in [2.75, 3.05) is 13.2 Å². The predicted octanol–water partition coefficient (Wildman–Crippen LogP) is 2.08. The van der Waals surface area contributed by atoms with Gasteiger partial charge in [0.1, 0.15) is 6.61 Å². The van der Waals surface area contributed by atoms with E-state index in [1.807, 2.05) is 0 Å². The highest BCUT2D eigenvalue weighted by molar-refractivity contribution is 4.79. The highest BCUT2D eigenvalue weighted by Crippen LogP contribution is 2.26. The molecule has 1 aliphatic carbocycles. The summed E-state index contributed by atoms with van der Waals surface area (Å²) in [5.74, 6) is 0.350. The second kappa shape index (κ2) is 4.98. The van der Waals surface area contributed by atoms with Crippen LogP contribution in [0.25, 0.3) is 0 Å². The molecule has 1 saturated carbocycles. The van der Waals surface area contributed by atoms with Crippen molar-refractivity contribution < 1.29 is 17.9 Å². The maximum atomic E-state index is 11.7. The zero-order valence-electron chi connectivity index (χ0n) is 8.02. The minimum atomic E-state index is -4.21. The lowest BCUT2D eigenvalue weighted by atomic mass is 10.0. The van der Waals surface area contributed by atoms with E-state index in [9.17, 15) is 13.2 Å². The minimum absolute atomic E-state index is 0.157. The van der Waals surface area contributed by atoms with Gasteiger partial charge in [-0.2, -0.15) is 13.2 Å². The third-order valence-corrected chi connectivity index (χ3v) is 2.62. The highest BCUT2D eigenvalue weighted by Gasteiger charge is 2.28. The molecule has 0 spiro atoms. The van der Waals surface area contributed by atoms with Crippen molar-refractivity contribution in [3.63, 3.8) is 0 Å².